The van der Waals surface area contributed by atoms with Gasteiger partial charge in [-0.1, -0.05) is 48.2 Å². The van der Waals surface area contributed by atoms with Crippen molar-refractivity contribution in [3.63, 3.8) is 0 Å². The first kappa shape index (κ1) is 62.9. The molecule has 91 heavy (non-hydrogen) atoms. The van der Waals surface area contributed by atoms with Gasteiger partial charge >= 0.3 is 0 Å². The van der Waals surface area contributed by atoms with E-state index in [0.717, 1.165) is 77.1 Å². The van der Waals surface area contributed by atoms with Crippen molar-refractivity contribution in [3.05, 3.63) is 167 Å². The maximum absolute atomic E-state index is 6.05. The molecule has 6 aromatic carbocycles. The fourth-order valence-corrected chi connectivity index (χ4v) is 10.4. The third kappa shape index (κ3) is 16.9. The van der Waals surface area contributed by atoms with E-state index >= 15 is 0 Å². The minimum Gasteiger partial charge on any atom is -0.439 e. The second kappa shape index (κ2) is 28.8. The van der Waals surface area contributed by atoms with Crippen molar-refractivity contribution in [3.8, 4) is 69.1 Å². The van der Waals surface area contributed by atoms with Crippen LogP contribution < -0.4 is 58.8 Å². The van der Waals surface area contributed by atoms with E-state index < -0.39 is 0 Å². The molecule has 0 amide bonds. The van der Waals surface area contributed by atoms with Crippen molar-refractivity contribution in [2.24, 2.45) is 0 Å². The Bertz CT molecular complexity index is 4460. The van der Waals surface area contributed by atoms with Crippen molar-refractivity contribution in [2.45, 2.75) is 49.6 Å². The Hall–Kier alpha value is -11.2. The van der Waals surface area contributed by atoms with Gasteiger partial charge in [0.25, 0.3) is 0 Å². The van der Waals surface area contributed by atoms with Crippen LogP contribution in [0.15, 0.2) is 154 Å². The summed E-state index contributed by atoms with van der Waals surface area (Å²) >= 11 is 4.51. The van der Waals surface area contributed by atoms with Crippen LogP contribution in [0.5, 0.6) is 34.9 Å². The normalized spacial score (nSPS) is 10.8. The Balaban J connectivity index is 0.000000150. The van der Waals surface area contributed by atoms with E-state index in [4.69, 9.17) is 42.9 Å². The SMILES string of the molecule is CSc1cc(-c2nc(Nc3cccc(C)c3)n[nH]2)ccc1Oc1cc(N)nc(N)n1.CSc1cc(Oc2cc(N)nc(N)n2)ccc1-c1nc(Nc2cccc(C)c2)n[nH]1.CSc1nc(N)cc(Oc2c(C)cc(-c3nc(Nc4cccc(C)c4)n[nH]3)cc2C)n1. The molecular weight excluding hydrogens is 1210 g/mol. The summed E-state index contributed by atoms with van der Waals surface area (Å²) in [6.45, 7) is 10.1. The maximum Gasteiger partial charge on any atom is 0.246 e. The van der Waals surface area contributed by atoms with Crippen LogP contribution in [0.1, 0.15) is 27.8 Å². The number of aromatic amines is 3. The van der Waals surface area contributed by atoms with E-state index in [1.807, 2.05) is 175 Å². The summed E-state index contributed by atoms with van der Waals surface area (Å²) in [7, 11) is 0. The summed E-state index contributed by atoms with van der Waals surface area (Å²) in [5.41, 5.74) is 39.4. The van der Waals surface area contributed by atoms with Crippen LogP contribution in [0.25, 0.3) is 34.2 Å². The first-order valence-electron chi connectivity index (χ1n) is 27.7. The zero-order chi connectivity index (χ0) is 64.1. The summed E-state index contributed by atoms with van der Waals surface area (Å²) < 4.78 is 17.7. The lowest BCUT2D eigenvalue weighted by Gasteiger charge is -2.13. The molecule has 0 fully saturated rings. The van der Waals surface area contributed by atoms with Crippen LogP contribution >= 0.6 is 35.3 Å². The molecule has 26 nitrogen and oxygen atoms in total. The molecule has 12 aromatic rings. The third-order valence-corrected chi connectivity index (χ3v) is 15.0. The number of aromatic nitrogens is 15. The van der Waals surface area contributed by atoms with Crippen LogP contribution in [0.4, 0.5) is 64.3 Å². The lowest BCUT2D eigenvalue weighted by atomic mass is 10.1. The number of hydrogen-bond acceptors (Lipinski definition) is 26. The number of thioether (sulfide) groups is 3. The fraction of sp³-hybridized carbons (Fsp3) is 0.129. The summed E-state index contributed by atoms with van der Waals surface area (Å²) in [5.74, 6) is 7.37. The van der Waals surface area contributed by atoms with Gasteiger partial charge in [0, 0.05) is 56.8 Å². The van der Waals surface area contributed by atoms with Crippen molar-refractivity contribution >= 4 is 99.5 Å². The topological polar surface area (TPSA) is 396 Å². The molecule has 462 valence electrons. The van der Waals surface area contributed by atoms with Crippen molar-refractivity contribution < 1.29 is 14.2 Å². The lowest BCUT2D eigenvalue weighted by molar-refractivity contribution is 0.449. The second-order valence-corrected chi connectivity index (χ2v) is 22.5. The van der Waals surface area contributed by atoms with Crippen molar-refractivity contribution in [1.29, 1.82) is 0 Å². The molecule has 29 heteroatoms. The number of nitrogens with one attached hydrogen (secondary N) is 6. The molecule has 0 radical (unpaired) electrons. The number of aryl methyl sites for hydroxylation is 5. The number of nitrogens with zero attached hydrogens (tertiary/aromatic N) is 12. The highest BCUT2D eigenvalue weighted by Gasteiger charge is 2.17. The average Bonchev–Trinajstić information content (AvgIpc) is 1.98. The van der Waals surface area contributed by atoms with Gasteiger partial charge in [-0.2, -0.15) is 39.9 Å². The van der Waals surface area contributed by atoms with Crippen molar-refractivity contribution in [2.75, 3.05) is 63.4 Å². The maximum atomic E-state index is 6.05. The first-order chi connectivity index (χ1) is 43.9. The predicted octanol–water partition coefficient (Wildman–Crippen LogP) is 13.0. The zero-order valence-corrected chi connectivity index (χ0v) is 52.9. The molecule has 0 saturated carbocycles. The van der Waals surface area contributed by atoms with Crippen LogP contribution in [0, 0.1) is 34.6 Å². The van der Waals surface area contributed by atoms with Crippen LogP contribution in [-0.4, -0.2) is 94.2 Å². The molecule has 0 atom stereocenters. The monoisotopic (exact) mass is 1270 g/mol. The van der Waals surface area contributed by atoms with Gasteiger partial charge < -0.3 is 58.8 Å². The van der Waals surface area contributed by atoms with Gasteiger partial charge in [0.2, 0.25) is 47.4 Å². The Kier molecular flexibility index (Phi) is 19.9. The van der Waals surface area contributed by atoms with E-state index in [-0.39, 0.29) is 35.3 Å². The summed E-state index contributed by atoms with van der Waals surface area (Å²) in [6, 6.07) is 44.0. The molecule has 6 heterocycles. The van der Waals surface area contributed by atoms with Crippen LogP contribution in [-0.2, 0) is 0 Å². The van der Waals surface area contributed by atoms with E-state index in [1.165, 1.54) is 35.7 Å². The molecule has 0 aliphatic heterocycles. The average molecular weight is 1270 g/mol. The van der Waals surface area contributed by atoms with E-state index in [1.54, 1.807) is 17.8 Å². The van der Waals surface area contributed by atoms with E-state index in [9.17, 15) is 0 Å². The smallest absolute Gasteiger partial charge is 0.246 e. The number of nitrogens with two attached hydrogens (primary N) is 5. The number of rotatable bonds is 18. The number of anilines is 11. The zero-order valence-electron chi connectivity index (χ0n) is 50.5. The summed E-state index contributed by atoms with van der Waals surface area (Å²) in [5, 5.41) is 31.9. The molecular formula is C62H63N23O3S3. The van der Waals surface area contributed by atoms with Gasteiger partial charge in [-0.15, -0.1) is 38.8 Å². The van der Waals surface area contributed by atoms with E-state index in [0.29, 0.717) is 63.7 Å². The predicted molar refractivity (Wildman–Crippen MR) is 362 cm³/mol. The highest BCUT2D eigenvalue weighted by Crippen LogP contribution is 2.38. The Morgan fingerprint density at radius 1 is 0.396 bits per heavy atom. The fourth-order valence-electron chi connectivity index (χ4n) is 8.89. The van der Waals surface area contributed by atoms with E-state index in [2.05, 4.69) is 91.4 Å². The number of ether oxygens (including phenoxy) is 3. The number of hydrogen-bond donors (Lipinski definition) is 11. The largest absolute Gasteiger partial charge is 0.439 e. The van der Waals surface area contributed by atoms with Gasteiger partial charge in [-0.3, -0.25) is 15.3 Å². The lowest BCUT2D eigenvalue weighted by Crippen LogP contribution is -2.01. The summed E-state index contributed by atoms with van der Waals surface area (Å²) in [6.07, 6.45) is 5.83. The highest BCUT2D eigenvalue weighted by atomic mass is 32.2. The molecule has 0 saturated heterocycles. The highest BCUT2D eigenvalue weighted by molar-refractivity contribution is 7.99. The quantitative estimate of drug-likeness (QED) is 0.0281. The molecule has 12 rings (SSSR count). The Labute approximate surface area is 535 Å². The van der Waals surface area contributed by atoms with Gasteiger partial charge in [0.05, 0.1) is 4.90 Å². The number of nitrogen functional groups attached to an aromatic ring is 5. The van der Waals surface area contributed by atoms with Crippen LogP contribution in [0.3, 0.4) is 0 Å². The van der Waals surface area contributed by atoms with Gasteiger partial charge in [0.15, 0.2) is 22.6 Å². The molecule has 0 aliphatic carbocycles. The van der Waals surface area contributed by atoms with Crippen molar-refractivity contribution in [1.82, 2.24) is 75.4 Å². The molecule has 0 unspecified atom stereocenters. The third-order valence-electron chi connectivity index (χ3n) is 12.9. The summed E-state index contributed by atoms with van der Waals surface area (Å²) in [4.78, 5) is 39.8. The molecule has 0 spiro atoms. The molecule has 6 aromatic heterocycles. The Morgan fingerprint density at radius 3 is 1.36 bits per heavy atom. The van der Waals surface area contributed by atoms with Gasteiger partial charge in [-0.25, -0.2) is 4.98 Å². The first-order valence-corrected chi connectivity index (χ1v) is 31.4. The second-order valence-electron chi connectivity index (χ2n) is 20.1. The van der Waals surface area contributed by atoms with Gasteiger partial charge in [-0.05, 0) is 166 Å². The van der Waals surface area contributed by atoms with Crippen LogP contribution in [0.2, 0.25) is 0 Å². The standard InChI is InChI=1S/C22H23N7OS.2C20H20N8OS/c1-12-6-5-7-16(8-12)24-21-27-20(28-29-21)15-9-13(2)19(14(3)10-15)30-18-11-17(23)25-22(26-18)31-4;1-11-4-3-5-13(8-11)23-20-26-18(27-28-20)12-6-7-14(15(9-12)30-2)29-17-10-16(21)24-19(22)25-17;1-11-4-3-5-12(8-11)23-20-26-18(27-28-20)14-7-6-13(9-15(14)30-2)29-17-10-16(21)24-19(22)25-17/h5-11H,1-4H3,(H2,23,25,26)(H2,24,27,28,29);2*3-10H,1-2H3,(H4,21,22,24,25)(H2,23,26,27,28). The Morgan fingerprint density at radius 2 is 0.868 bits per heavy atom. The number of H-pyrrole nitrogens is 3. The molecule has 0 bridgehead atoms. The minimum atomic E-state index is 0.0574. The minimum absolute atomic E-state index is 0.0574. The molecule has 0 aliphatic rings. The molecule has 16 N–H and O–H groups in total. The number of benzene rings is 6. The van der Waals surface area contributed by atoms with Gasteiger partial charge in [0.1, 0.15) is 34.7 Å².